The number of thiocarbonyl (C=S) groups is 1. The van der Waals surface area contributed by atoms with Crippen LogP contribution in [-0.2, 0) is 13.1 Å². The van der Waals surface area contributed by atoms with Crippen LogP contribution in [0.15, 0.2) is 42.6 Å². The summed E-state index contributed by atoms with van der Waals surface area (Å²) >= 11 is 5.21. The molecule has 4 nitrogen and oxygen atoms in total. The predicted molar refractivity (Wildman–Crippen MR) is 77.4 cm³/mol. The maximum Gasteiger partial charge on any atom is 0.171 e. The highest BCUT2D eigenvalue weighted by atomic mass is 32.1. The summed E-state index contributed by atoms with van der Waals surface area (Å²) in [6.07, 6.45) is 1.96. The SMILES string of the molecule is CCn1ccc(CNC(=S)Nc2ccccc2)n1. The van der Waals surface area contributed by atoms with E-state index in [9.17, 15) is 0 Å². The summed E-state index contributed by atoms with van der Waals surface area (Å²) in [6, 6.07) is 11.8. The first kappa shape index (κ1) is 12.6. The number of rotatable bonds is 4. The van der Waals surface area contributed by atoms with Gasteiger partial charge in [0.1, 0.15) is 0 Å². The second-order valence-electron chi connectivity index (χ2n) is 3.84. The molecule has 2 aromatic rings. The minimum atomic E-state index is 0.604. The number of anilines is 1. The van der Waals surface area contributed by atoms with Crippen LogP contribution in [0.25, 0.3) is 0 Å². The normalized spacial score (nSPS) is 10.1. The highest BCUT2D eigenvalue weighted by Crippen LogP contribution is 2.04. The van der Waals surface area contributed by atoms with E-state index in [4.69, 9.17) is 12.2 Å². The van der Waals surface area contributed by atoms with E-state index >= 15 is 0 Å². The lowest BCUT2D eigenvalue weighted by atomic mass is 10.3. The molecular formula is C13H16N4S. The van der Waals surface area contributed by atoms with Gasteiger partial charge in [-0.1, -0.05) is 18.2 Å². The highest BCUT2D eigenvalue weighted by Gasteiger charge is 2.00. The van der Waals surface area contributed by atoms with Crippen molar-refractivity contribution in [1.82, 2.24) is 15.1 Å². The van der Waals surface area contributed by atoms with Gasteiger partial charge in [-0.3, -0.25) is 4.68 Å². The van der Waals surface area contributed by atoms with Crippen LogP contribution in [0.3, 0.4) is 0 Å². The minimum absolute atomic E-state index is 0.604. The summed E-state index contributed by atoms with van der Waals surface area (Å²) in [5, 5.41) is 11.2. The molecule has 2 rings (SSSR count). The van der Waals surface area contributed by atoms with E-state index in [0.29, 0.717) is 11.7 Å². The minimum Gasteiger partial charge on any atom is -0.357 e. The Balaban J connectivity index is 1.81. The Kier molecular flexibility index (Phi) is 4.30. The van der Waals surface area contributed by atoms with E-state index in [1.54, 1.807) is 0 Å². The van der Waals surface area contributed by atoms with Gasteiger partial charge in [0.05, 0.1) is 12.2 Å². The first-order valence-electron chi connectivity index (χ1n) is 5.90. The van der Waals surface area contributed by atoms with E-state index in [1.165, 1.54) is 0 Å². The zero-order valence-corrected chi connectivity index (χ0v) is 11.1. The van der Waals surface area contributed by atoms with Gasteiger partial charge < -0.3 is 10.6 Å². The van der Waals surface area contributed by atoms with E-state index < -0.39 is 0 Å². The molecule has 0 radical (unpaired) electrons. The van der Waals surface area contributed by atoms with Gasteiger partial charge in [-0.25, -0.2) is 0 Å². The monoisotopic (exact) mass is 260 g/mol. The summed E-state index contributed by atoms with van der Waals surface area (Å²) < 4.78 is 1.89. The summed E-state index contributed by atoms with van der Waals surface area (Å²) in [6.45, 7) is 3.57. The van der Waals surface area contributed by atoms with Crippen molar-refractivity contribution in [3.63, 3.8) is 0 Å². The fraction of sp³-hybridized carbons (Fsp3) is 0.231. The number of hydrogen-bond donors (Lipinski definition) is 2. The number of para-hydroxylation sites is 1. The highest BCUT2D eigenvalue weighted by molar-refractivity contribution is 7.80. The summed E-state index contributed by atoms with van der Waals surface area (Å²) in [4.78, 5) is 0. The number of aromatic nitrogens is 2. The number of aryl methyl sites for hydroxylation is 1. The topological polar surface area (TPSA) is 41.9 Å². The van der Waals surface area contributed by atoms with Crippen molar-refractivity contribution in [1.29, 1.82) is 0 Å². The van der Waals surface area contributed by atoms with Gasteiger partial charge >= 0.3 is 0 Å². The third-order valence-corrected chi connectivity index (χ3v) is 2.73. The molecule has 0 aliphatic carbocycles. The molecule has 1 heterocycles. The van der Waals surface area contributed by atoms with Gasteiger partial charge in [-0.2, -0.15) is 5.10 Å². The van der Waals surface area contributed by atoms with Crippen molar-refractivity contribution in [2.75, 3.05) is 5.32 Å². The second-order valence-corrected chi connectivity index (χ2v) is 4.24. The quantitative estimate of drug-likeness (QED) is 0.828. The van der Waals surface area contributed by atoms with Crippen LogP contribution >= 0.6 is 12.2 Å². The lowest BCUT2D eigenvalue weighted by Gasteiger charge is -2.09. The molecule has 0 aliphatic rings. The Morgan fingerprint density at radius 2 is 2.06 bits per heavy atom. The van der Waals surface area contributed by atoms with Crippen molar-refractivity contribution in [2.45, 2.75) is 20.0 Å². The lowest BCUT2D eigenvalue weighted by molar-refractivity contribution is 0.643. The first-order chi connectivity index (χ1) is 8.78. The molecule has 2 N–H and O–H groups in total. The van der Waals surface area contributed by atoms with Crippen molar-refractivity contribution < 1.29 is 0 Å². The van der Waals surface area contributed by atoms with Crippen LogP contribution in [0.1, 0.15) is 12.6 Å². The van der Waals surface area contributed by atoms with Crippen LogP contribution < -0.4 is 10.6 Å². The number of benzene rings is 1. The average molecular weight is 260 g/mol. The number of hydrogen-bond acceptors (Lipinski definition) is 2. The zero-order chi connectivity index (χ0) is 12.8. The Bertz CT molecular complexity index is 507. The Labute approximate surface area is 112 Å². The summed E-state index contributed by atoms with van der Waals surface area (Å²) in [7, 11) is 0. The molecule has 0 saturated carbocycles. The average Bonchev–Trinajstić information content (AvgIpc) is 2.85. The molecule has 94 valence electrons. The van der Waals surface area contributed by atoms with Crippen LogP contribution in [0.4, 0.5) is 5.69 Å². The Hall–Kier alpha value is -1.88. The molecule has 0 fully saturated rings. The van der Waals surface area contributed by atoms with Gasteiger partial charge in [-0.05, 0) is 37.3 Å². The standard InChI is InChI=1S/C13H16N4S/c1-2-17-9-8-12(16-17)10-14-13(18)15-11-6-4-3-5-7-11/h3-9H,2,10H2,1H3,(H2,14,15,18). The molecule has 0 unspecified atom stereocenters. The summed E-state index contributed by atoms with van der Waals surface area (Å²) in [5.74, 6) is 0. The van der Waals surface area contributed by atoms with Crippen LogP contribution in [0.2, 0.25) is 0 Å². The van der Waals surface area contributed by atoms with Gasteiger partial charge in [0.15, 0.2) is 5.11 Å². The molecule has 5 heteroatoms. The molecule has 1 aromatic heterocycles. The third-order valence-electron chi connectivity index (χ3n) is 2.48. The fourth-order valence-electron chi connectivity index (χ4n) is 1.54. The maximum atomic E-state index is 5.21. The molecule has 0 aliphatic heterocycles. The second kappa shape index (κ2) is 6.16. The van der Waals surface area contributed by atoms with Gasteiger partial charge in [0, 0.05) is 18.4 Å². The number of nitrogens with one attached hydrogen (secondary N) is 2. The summed E-state index contributed by atoms with van der Waals surface area (Å²) in [5.41, 5.74) is 1.96. The largest absolute Gasteiger partial charge is 0.357 e. The van der Waals surface area contributed by atoms with Crippen LogP contribution in [-0.4, -0.2) is 14.9 Å². The fourth-order valence-corrected chi connectivity index (χ4v) is 1.73. The van der Waals surface area contributed by atoms with Crippen molar-refractivity contribution in [2.24, 2.45) is 0 Å². The molecule has 1 aromatic carbocycles. The molecule has 18 heavy (non-hydrogen) atoms. The molecule has 0 amide bonds. The van der Waals surface area contributed by atoms with Crippen molar-refractivity contribution in [3.05, 3.63) is 48.3 Å². The van der Waals surface area contributed by atoms with E-state index in [1.807, 2.05) is 47.3 Å². The van der Waals surface area contributed by atoms with Gasteiger partial charge in [0.2, 0.25) is 0 Å². The smallest absolute Gasteiger partial charge is 0.171 e. The Morgan fingerprint density at radius 3 is 2.72 bits per heavy atom. The molecular weight excluding hydrogens is 244 g/mol. The molecule has 0 atom stereocenters. The Morgan fingerprint density at radius 1 is 1.28 bits per heavy atom. The van der Waals surface area contributed by atoms with Crippen LogP contribution in [0, 0.1) is 0 Å². The molecule has 0 spiro atoms. The van der Waals surface area contributed by atoms with Crippen LogP contribution in [0.5, 0.6) is 0 Å². The van der Waals surface area contributed by atoms with Crippen molar-refractivity contribution in [3.8, 4) is 0 Å². The van der Waals surface area contributed by atoms with E-state index in [-0.39, 0.29) is 0 Å². The maximum absolute atomic E-state index is 5.21. The van der Waals surface area contributed by atoms with Gasteiger partial charge in [-0.15, -0.1) is 0 Å². The zero-order valence-electron chi connectivity index (χ0n) is 10.3. The van der Waals surface area contributed by atoms with Crippen molar-refractivity contribution >= 4 is 23.0 Å². The molecule has 0 bridgehead atoms. The molecule has 0 saturated heterocycles. The van der Waals surface area contributed by atoms with E-state index in [2.05, 4.69) is 22.7 Å². The third kappa shape index (κ3) is 3.56. The first-order valence-corrected chi connectivity index (χ1v) is 6.31. The van der Waals surface area contributed by atoms with Gasteiger partial charge in [0.25, 0.3) is 0 Å². The van der Waals surface area contributed by atoms with E-state index in [0.717, 1.165) is 17.9 Å². The predicted octanol–water partition coefficient (Wildman–Crippen LogP) is 2.39. The number of nitrogens with zero attached hydrogens (tertiary/aromatic N) is 2. The lowest BCUT2D eigenvalue weighted by Crippen LogP contribution is -2.28.